The normalized spacial score (nSPS) is 15.0. The highest BCUT2D eigenvalue weighted by Gasteiger charge is 2.17. The molecule has 136 valence electrons. The van der Waals surface area contributed by atoms with E-state index < -0.39 is 6.16 Å². The number of hydrogen-bond acceptors (Lipinski definition) is 7. The van der Waals surface area contributed by atoms with Gasteiger partial charge in [0.05, 0.1) is 33.6 Å². The number of benzene rings is 1. The third-order valence-corrected chi connectivity index (χ3v) is 3.56. The van der Waals surface area contributed by atoms with Crippen LogP contribution in [0.4, 0.5) is 4.79 Å². The summed E-state index contributed by atoms with van der Waals surface area (Å²) in [4.78, 5) is 24.2. The van der Waals surface area contributed by atoms with Crippen molar-refractivity contribution in [2.45, 2.75) is 0 Å². The van der Waals surface area contributed by atoms with Gasteiger partial charge in [0.25, 0.3) is 5.91 Å². The molecule has 2 rings (SSSR count). The molecule has 0 aliphatic carbocycles. The highest BCUT2D eigenvalue weighted by Crippen LogP contribution is 2.27. The van der Waals surface area contributed by atoms with Gasteiger partial charge < -0.3 is 23.8 Å². The van der Waals surface area contributed by atoms with Gasteiger partial charge in [-0.2, -0.15) is 5.10 Å². The number of carbonyl (C=O) groups excluding carboxylic acids is 2. The van der Waals surface area contributed by atoms with Gasteiger partial charge in [-0.05, 0) is 23.8 Å². The number of amides is 1. The van der Waals surface area contributed by atoms with Crippen molar-refractivity contribution in [3.63, 3.8) is 0 Å². The molecular weight excluding hydrogens is 330 g/mol. The van der Waals surface area contributed by atoms with Gasteiger partial charge in [0.15, 0.2) is 18.0 Å². The van der Waals surface area contributed by atoms with Crippen molar-refractivity contribution in [3.8, 4) is 11.5 Å². The van der Waals surface area contributed by atoms with Gasteiger partial charge in [-0.15, -0.1) is 0 Å². The van der Waals surface area contributed by atoms with E-state index in [2.05, 4.69) is 15.3 Å². The van der Waals surface area contributed by atoms with Gasteiger partial charge in [-0.1, -0.05) is 0 Å². The molecule has 0 saturated carbocycles. The molecule has 1 aliphatic heterocycles. The zero-order chi connectivity index (χ0) is 18.1. The summed E-state index contributed by atoms with van der Waals surface area (Å²) < 4.78 is 19.8. The molecule has 1 heterocycles. The smallest absolute Gasteiger partial charge is 0.493 e. The van der Waals surface area contributed by atoms with Crippen molar-refractivity contribution in [1.82, 2.24) is 5.43 Å². The summed E-state index contributed by atoms with van der Waals surface area (Å²) in [7, 11) is 2.67. The zero-order valence-electron chi connectivity index (χ0n) is 14.2. The Bertz CT molecular complexity index is 628. The lowest BCUT2D eigenvalue weighted by atomic mass is 10.2. The quantitative estimate of drug-likeness (QED) is 0.301. The minimum Gasteiger partial charge on any atom is -0.493 e. The molecule has 1 fully saturated rings. The Morgan fingerprint density at radius 2 is 2.04 bits per heavy atom. The van der Waals surface area contributed by atoms with Crippen molar-refractivity contribution in [1.29, 1.82) is 0 Å². The molecule has 1 aliphatic rings. The van der Waals surface area contributed by atoms with Crippen LogP contribution in [0.5, 0.6) is 11.5 Å². The van der Waals surface area contributed by atoms with Crippen LogP contribution in [0.15, 0.2) is 23.3 Å². The molecule has 0 atom stereocenters. The van der Waals surface area contributed by atoms with Crippen molar-refractivity contribution in [3.05, 3.63) is 23.8 Å². The molecule has 1 aromatic rings. The number of hydrogen-bond donors (Lipinski definition) is 2. The first kappa shape index (κ1) is 18.7. The van der Waals surface area contributed by atoms with Crippen LogP contribution < -0.4 is 19.8 Å². The van der Waals surface area contributed by atoms with E-state index in [1.54, 1.807) is 18.2 Å². The standard InChI is InChI=1S/C16H21N3O6/c1-22-14-9-12(3-4-13(14)25-16(21)23-2)10-17-18-15(20)11-19-5-7-24-8-6-19/h3-4,9-10H,5-8,11H2,1-2H3,(H,18,20)/p+1/b17-10-. The highest BCUT2D eigenvalue weighted by molar-refractivity contribution is 5.83. The molecule has 2 N–H and O–H groups in total. The van der Waals surface area contributed by atoms with E-state index in [1.165, 1.54) is 25.3 Å². The number of rotatable bonds is 6. The molecule has 0 radical (unpaired) electrons. The predicted octanol–water partition coefficient (Wildman–Crippen LogP) is -0.794. The number of morpholine rings is 1. The Hall–Kier alpha value is -2.65. The summed E-state index contributed by atoms with van der Waals surface area (Å²) in [6.07, 6.45) is 0.648. The molecule has 9 heteroatoms. The second kappa shape index (κ2) is 9.60. The van der Waals surface area contributed by atoms with E-state index in [9.17, 15) is 9.59 Å². The fraction of sp³-hybridized carbons (Fsp3) is 0.438. The average molecular weight is 352 g/mol. The van der Waals surface area contributed by atoms with E-state index in [-0.39, 0.29) is 11.7 Å². The van der Waals surface area contributed by atoms with E-state index in [4.69, 9.17) is 14.2 Å². The van der Waals surface area contributed by atoms with Crippen LogP contribution in [0.25, 0.3) is 0 Å². The van der Waals surface area contributed by atoms with Crippen LogP contribution in [-0.4, -0.2) is 65.3 Å². The molecule has 0 bridgehead atoms. The van der Waals surface area contributed by atoms with Crippen molar-refractivity contribution in [2.75, 3.05) is 47.1 Å². The molecule has 1 amide bonds. The van der Waals surface area contributed by atoms with Gasteiger partial charge in [0, 0.05) is 0 Å². The Morgan fingerprint density at radius 3 is 2.72 bits per heavy atom. The van der Waals surface area contributed by atoms with E-state index >= 15 is 0 Å². The number of methoxy groups -OCH3 is 2. The van der Waals surface area contributed by atoms with E-state index in [1.807, 2.05) is 0 Å². The van der Waals surface area contributed by atoms with Gasteiger partial charge in [0.1, 0.15) is 13.1 Å². The summed E-state index contributed by atoms with van der Waals surface area (Å²) >= 11 is 0. The predicted molar refractivity (Wildman–Crippen MR) is 88.1 cm³/mol. The molecule has 0 spiro atoms. The van der Waals surface area contributed by atoms with Gasteiger partial charge >= 0.3 is 6.16 Å². The molecule has 1 saturated heterocycles. The van der Waals surface area contributed by atoms with Crippen LogP contribution in [-0.2, 0) is 14.3 Å². The van der Waals surface area contributed by atoms with Gasteiger partial charge in [-0.3, -0.25) is 4.79 Å². The Kier molecular flexibility index (Phi) is 7.17. The first-order valence-electron chi connectivity index (χ1n) is 7.79. The Morgan fingerprint density at radius 1 is 1.28 bits per heavy atom. The number of hydrazone groups is 1. The number of nitrogens with zero attached hydrogens (tertiary/aromatic N) is 1. The summed E-state index contributed by atoms with van der Waals surface area (Å²) in [5.41, 5.74) is 3.17. The third-order valence-electron chi connectivity index (χ3n) is 3.56. The van der Waals surface area contributed by atoms with Crippen molar-refractivity contribution >= 4 is 18.3 Å². The SMILES string of the molecule is COC(=O)Oc1ccc(/C=N\NC(=O)C[NH+]2CCOCC2)cc1OC. The summed E-state index contributed by atoms with van der Waals surface area (Å²) in [5.74, 6) is 0.413. The molecule has 0 aromatic heterocycles. The zero-order valence-corrected chi connectivity index (χ0v) is 14.2. The van der Waals surface area contributed by atoms with E-state index in [0.29, 0.717) is 31.1 Å². The number of ether oxygens (including phenoxy) is 4. The molecular formula is C16H22N3O6+. The first-order valence-corrected chi connectivity index (χ1v) is 7.79. The molecule has 0 unspecified atom stereocenters. The fourth-order valence-electron chi connectivity index (χ4n) is 2.26. The van der Waals surface area contributed by atoms with Gasteiger partial charge in [0.2, 0.25) is 0 Å². The fourth-order valence-corrected chi connectivity index (χ4v) is 2.26. The maximum atomic E-state index is 11.9. The summed E-state index contributed by atoms with van der Waals surface area (Å²) in [6, 6.07) is 4.85. The topological polar surface area (TPSA) is 99.9 Å². The molecule has 25 heavy (non-hydrogen) atoms. The Balaban J connectivity index is 1.89. The second-order valence-electron chi connectivity index (χ2n) is 5.30. The van der Waals surface area contributed by atoms with E-state index in [0.717, 1.165) is 13.1 Å². The van der Waals surface area contributed by atoms with Crippen LogP contribution in [0.3, 0.4) is 0 Å². The molecule has 1 aromatic carbocycles. The first-order chi connectivity index (χ1) is 12.1. The maximum absolute atomic E-state index is 11.9. The van der Waals surface area contributed by atoms with Crippen molar-refractivity contribution < 1.29 is 33.4 Å². The number of carbonyl (C=O) groups is 2. The minimum atomic E-state index is -0.836. The summed E-state index contributed by atoms with van der Waals surface area (Å²) in [5, 5.41) is 3.93. The number of nitrogens with one attached hydrogen (secondary N) is 2. The van der Waals surface area contributed by atoms with Crippen LogP contribution in [0.1, 0.15) is 5.56 Å². The highest BCUT2D eigenvalue weighted by atomic mass is 16.7. The van der Waals surface area contributed by atoms with Gasteiger partial charge in [-0.25, -0.2) is 10.2 Å². The maximum Gasteiger partial charge on any atom is 0.513 e. The molecule has 9 nitrogen and oxygen atoms in total. The lowest BCUT2D eigenvalue weighted by molar-refractivity contribution is -0.900. The lowest BCUT2D eigenvalue weighted by Gasteiger charge is -2.22. The monoisotopic (exact) mass is 352 g/mol. The number of quaternary nitrogens is 1. The largest absolute Gasteiger partial charge is 0.513 e. The summed E-state index contributed by atoms with van der Waals surface area (Å²) in [6.45, 7) is 3.33. The second-order valence-corrected chi connectivity index (χ2v) is 5.30. The third kappa shape index (κ3) is 6.05. The average Bonchev–Trinajstić information content (AvgIpc) is 2.63. The lowest BCUT2D eigenvalue weighted by Crippen LogP contribution is -3.15. The van der Waals surface area contributed by atoms with Crippen LogP contribution >= 0.6 is 0 Å². The van der Waals surface area contributed by atoms with Crippen LogP contribution in [0.2, 0.25) is 0 Å². The van der Waals surface area contributed by atoms with Crippen LogP contribution in [0, 0.1) is 0 Å². The van der Waals surface area contributed by atoms with Crippen molar-refractivity contribution in [2.24, 2.45) is 5.10 Å². The minimum absolute atomic E-state index is 0.161. The Labute approximate surface area is 145 Å².